The third kappa shape index (κ3) is 4.24. The minimum absolute atomic E-state index is 0.0660. The third-order valence-electron chi connectivity index (χ3n) is 2.32. The summed E-state index contributed by atoms with van der Waals surface area (Å²) in [5.41, 5.74) is 0. The quantitative estimate of drug-likeness (QED) is 0.666. The molecule has 0 aromatic rings. The molecule has 1 amide bonds. The number of ether oxygens (including phenoxy) is 1. The average molecular weight is 196 g/mol. The second kappa shape index (κ2) is 6.39. The average Bonchev–Trinajstić information content (AvgIpc) is 2.65. The van der Waals surface area contributed by atoms with Crippen LogP contribution in [0.15, 0.2) is 0 Å². The van der Waals surface area contributed by atoms with E-state index in [-0.39, 0.29) is 12.3 Å². The Hall–Kier alpha value is -1.08. The number of carbonyl (C=O) groups is 1. The first-order chi connectivity index (χ1) is 6.83. The van der Waals surface area contributed by atoms with Crippen molar-refractivity contribution in [3.63, 3.8) is 0 Å². The van der Waals surface area contributed by atoms with Gasteiger partial charge in [0.05, 0.1) is 18.8 Å². The first-order valence-corrected chi connectivity index (χ1v) is 5.08. The van der Waals surface area contributed by atoms with Gasteiger partial charge in [0.1, 0.15) is 6.42 Å². The third-order valence-corrected chi connectivity index (χ3v) is 2.32. The molecular weight excluding hydrogens is 180 g/mol. The van der Waals surface area contributed by atoms with E-state index >= 15 is 0 Å². The van der Waals surface area contributed by atoms with Gasteiger partial charge < -0.3 is 10.1 Å². The summed E-state index contributed by atoms with van der Waals surface area (Å²) in [5.74, 6) is -0.220. The summed E-state index contributed by atoms with van der Waals surface area (Å²) in [4.78, 5) is 10.8. The summed E-state index contributed by atoms with van der Waals surface area (Å²) >= 11 is 0. The van der Waals surface area contributed by atoms with Crippen LogP contribution in [0.3, 0.4) is 0 Å². The van der Waals surface area contributed by atoms with E-state index in [1.165, 1.54) is 12.8 Å². The molecule has 0 heterocycles. The summed E-state index contributed by atoms with van der Waals surface area (Å²) in [7, 11) is 0. The van der Waals surface area contributed by atoms with Crippen molar-refractivity contribution < 1.29 is 9.53 Å². The zero-order valence-electron chi connectivity index (χ0n) is 8.29. The number of carbonyl (C=O) groups excluding carboxylic acids is 1. The summed E-state index contributed by atoms with van der Waals surface area (Å²) in [5, 5.41) is 10.8. The van der Waals surface area contributed by atoms with Crippen LogP contribution in [0, 0.1) is 11.3 Å². The molecule has 0 aliphatic heterocycles. The molecule has 0 radical (unpaired) electrons. The summed E-state index contributed by atoms with van der Waals surface area (Å²) in [6.45, 7) is 1.07. The molecular formula is C10H16N2O2. The molecule has 1 aliphatic rings. The molecule has 0 spiro atoms. The van der Waals surface area contributed by atoms with Crippen LogP contribution in [0.5, 0.6) is 0 Å². The molecule has 78 valence electrons. The number of nitrogens with zero attached hydrogens (tertiary/aromatic N) is 1. The van der Waals surface area contributed by atoms with Gasteiger partial charge in [-0.3, -0.25) is 4.79 Å². The lowest BCUT2D eigenvalue weighted by Gasteiger charge is -2.10. The van der Waals surface area contributed by atoms with Crippen LogP contribution in [-0.2, 0) is 9.53 Å². The maximum Gasteiger partial charge on any atom is 0.234 e. The first kappa shape index (κ1) is 11.0. The lowest BCUT2D eigenvalue weighted by Crippen LogP contribution is -2.27. The summed E-state index contributed by atoms with van der Waals surface area (Å²) in [6, 6.07) is 1.80. The van der Waals surface area contributed by atoms with Gasteiger partial charge in [-0.05, 0) is 12.8 Å². The van der Waals surface area contributed by atoms with Crippen molar-refractivity contribution in [2.45, 2.75) is 38.2 Å². The normalized spacial score (nSPS) is 16.5. The Morgan fingerprint density at radius 2 is 2.21 bits per heavy atom. The zero-order chi connectivity index (χ0) is 10.2. The molecule has 1 saturated carbocycles. The van der Waals surface area contributed by atoms with Crippen LogP contribution in [0.4, 0.5) is 0 Å². The summed E-state index contributed by atoms with van der Waals surface area (Å²) < 4.78 is 5.53. The highest BCUT2D eigenvalue weighted by Gasteiger charge is 2.14. The molecule has 14 heavy (non-hydrogen) atoms. The highest BCUT2D eigenvalue weighted by molar-refractivity contribution is 5.77. The van der Waals surface area contributed by atoms with Crippen molar-refractivity contribution in [2.24, 2.45) is 0 Å². The Kier molecular flexibility index (Phi) is 5.02. The van der Waals surface area contributed by atoms with Gasteiger partial charge in [0.2, 0.25) is 5.91 Å². The number of amides is 1. The lowest BCUT2D eigenvalue weighted by molar-refractivity contribution is -0.120. The van der Waals surface area contributed by atoms with Crippen LogP contribution >= 0.6 is 0 Å². The molecule has 0 saturated heterocycles. The van der Waals surface area contributed by atoms with Crippen LogP contribution in [0.2, 0.25) is 0 Å². The standard InChI is InChI=1S/C10H16N2O2/c11-6-5-10(13)12-7-8-14-9-3-1-2-4-9/h9H,1-5,7-8H2,(H,12,13). The van der Waals surface area contributed by atoms with E-state index in [9.17, 15) is 4.79 Å². The Labute approximate surface area is 84.2 Å². The minimum atomic E-state index is -0.220. The van der Waals surface area contributed by atoms with E-state index in [0.29, 0.717) is 19.3 Å². The Morgan fingerprint density at radius 1 is 1.50 bits per heavy atom. The molecule has 1 aliphatic carbocycles. The van der Waals surface area contributed by atoms with Gasteiger partial charge in [0, 0.05) is 6.54 Å². The van der Waals surface area contributed by atoms with E-state index in [2.05, 4.69) is 5.32 Å². The zero-order valence-corrected chi connectivity index (χ0v) is 8.29. The molecule has 0 bridgehead atoms. The largest absolute Gasteiger partial charge is 0.376 e. The van der Waals surface area contributed by atoms with Gasteiger partial charge in [-0.25, -0.2) is 0 Å². The molecule has 1 rings (SSSR count). The fourth-order valence-corrected chi connectivity index (χ4v) is 1.61. The van der Waals surface area contributed by atoms with Crippen molar-refractivity contribution in [1.82, 2.24) is 5.32 Å². The highest BCUT2D eigenvalue weighted by Crippen LogP contribution is 2.20. The molecule has 0 aromatic heterocycles. The molecule has 0 atom stereocenters. The van der Waals surface area contributed by atoms with Crippen molar-refractivity contribution in [1.29, 1.82) is 5.26 Å². The van der Waals surface area contributed by atoms with Crippen molar-refractivity contribution in [3.05, 3.63) is 0 Å². The molecule has 1 N–H and O–H groups in total. The van der Waals surface area contributed by atoms with Gasteiger partial charge >= 0.3 is 0 Å². The SMILES string of the molecule is N#CCC(=O)NCCOC1CCCC1. The topological polar surface area (TPSA) is 62.1 Å². The van der Waals surface area contributed by atoms with Crippen LogP contribution in [0.25, 0.3) is 0 Å². The summed E-state index contributed by atoms with van der Waals surface area (Å²) in [6.07, 6.45) is 5.13. The number of nitriles is 1. The second-order valence-electron chi connectivity index (χ2n) is 3.46. The van der Waals surface area contributed by atoms with Gasteiger partial charge in [0.25, 0.3) is 0 Å². The van der Waals surface area contributed by atoms with Crippen LogP contribution in [0.1, 0.15) is 32.1 Å². The predicted octanol–water partition coefficient (Wildman–Crippen LogP) is 0.975. The fraction of sp³-hybridized carbons (Fsp3) is 0.800. The molecule has 0 aromatic carbocycles. The number of nitrogens with one attached hydrogen (secondary N) is 1. The smallest absolute Gasteiger partial charge is 0.234 e. The molecule has 1 fully saturated rings. The van der Waals surface area contributed by atoms with Crippen LogP contribution in [-0.4, -0.2) is 25.2 Å². The number of hydrogen-bond acceptors (Lipinski definition) is 3. The molecule has 4 nitrogen and oxygen atoms in total. The van der Waals surface area contributed by atoms with E-state index in [0.717, 1.165) is 12.8 Å². The predicted molar refractivity (Wildman–Crippen MR) is 51.4 cm³/mol. The van der Waals surface area contributed by atoms with Gasteiger partial charge in [-0.2, -0.15) is 5.26 Å². The van der Waals surface area contributed by atoms with Gasteiger partial charge in [0.15, 0.2) is 0 Å². The Bertz CT molecular complexity index is 217. The van der Waals surface area contributed by atoms with Crippen molar-refractivity contribution in [2.75, 3.05) is 13.2 Å². The monoisotopic (exact) mass is 196 g/mol. The Morgan fingerprint density at radius 3 is 2.86 bits per heavy atom. The van der Waals surface area contributed by atoms with E-state index in [1.54, 1.807) is 6.07 Å². The minimum Gasteiger partial charge on any atom is -0.376 e. The van der Waals surface area contributed by atoms with Crippen LogP contribution < -0.4 is 5.32 Å². The van der Waals surface area contributed by atoms with Crippen molar-refractivity contribution in [3.8, 4) is 6.07 Å². The van der Waals surface area contributed by atoms with E-state index in [1.807, 2.05) is 0 Å². The van der Waals surface area contributed by atoms with Gasteiger partial charge in [-0.15, -0.1) is 0 Å². The highest BCUT2D eigenvalue weighted by atomic mass is 16.5. The first-order valence-electron chi connectivity index (χ1n) is 5.08. The number of hydrogen-bond donors (Lipinski definition) is 1. The second-order valence-corrected chi connectivity index (χ2v) is 3.46. The lowest BCUT2D eigenvalue weighted by atomic mass is 10.3. The van der Waals surface area contributed by atoms with Gasteiger partial charge in [-0.1, -0.05) is 12.8 Å². The maximum absolute atomic E-state index is 10.8. The molecule has 0 unspecified atom stereocenters. The molecule has 4 heteroatoms. The Balaban J connectivity index is 1.93. The van der Waals surface area contributed by atoms with E-state index < -0.39 is 0 Å². The maximum atomic E-state index is 10.8. The van der Waals surface area contributed by atoms with E-state index in [4.69, 9.17) is 10.00 Å². The van der Waals surface area contributed by atoms with Crippen molar-refractivity contribution >= 4 is 5.91 Å². The number of rotatable bonds is 5. The fourth-order valence-electron chi connectivity index (χ4n) is 1.61.